The smallest absolute Gasteiger partial charge is 0.155 e. The van der Waals surface area contributed by atoms with E-state index in [1.807, 2.05) is 13.0 Å². The Kier molecular flexibility index (Phi) is 4.52. The largest absolute Gasteiger partial charge is 0.378 e. The van der Waals surface area contributed by atoms with E-state index in [1.54, 1.807) is 0 Å². The topological polar surface area (TPSA) is 37.3 Å². The van der Waals surface area contributed by atoms with Crippen molar-refractivity contribution in [2.75, 3.05) is 0 Å². The number of allylic oxidation sites excluding steroid dienone is 4. The molecule has 0 aromatic heterocycles. The second-order valence-electron chi connectivity index (χ2n) is 7.63. The van der Waals surface area contributed by atoms with E-state index in [2.05, 4.69) is 30.9 Å². The molecule has 23 heavy (non-hydrogen) atoms. The molecule has 0 unspecified atom stereocenters. The van der Waals surface area contributed by atoms with Crippen LogP contribution in [0.3, 0.4) is 0 Å². The summed E-state index contributed by atoms with van der Waals surface area (Å²) in [6.07, 6.45) is 13.8. The molecule has 2 nitrogen and oxygen atoms in total. The summed E-state index contributed by atoms with van der Waals surface area (Å²) in [5.74, 6) is 7.32. The highest BCUT2D eigenvalue weighted by molar-refractivity contribution is 5.91. The highest BCUT2D eigenvalue weighted by atomic mass is 16.3. The van der Waals surface area contributed by atoms with Crippen molar-refractivity contribution in [1.82, 2.24) is 0 Å². The lowest BCUT2D eigenvalue weighted by Gasteiger charge is -2.56. The molecular formula is C21H28O2. The van der Waals surface area contributed by atoms with Gasteiger partial charge in [-0.1, -0.05) is 23.6 Å². The summed E-state index contributed by atoms with van der Waals surface area (Å²) in [5, 5.41) is 10.8. The number of hydrogen-bond acceptors (Lipinski definition) is 2. The fraction of sp³-hybridized carbons (Fsp3) is 0.667. The third-order valence-corrected chi connectivity index (χ3v) is 6.44. The number of fused-ring (bicyclic) bond motifs is 3. The lowest BCUT2D eigenvalue weighted by atomic mass is 9.48. The number of rotatable bonds is 2. The molecule has 3 rings (SSSR count). The van der Waals surface area contributed by atoms with E-state index < -0.39 is 5.60 Å². The van der Waals surface area contributed by atoms with Crippen LogP contribution < -0.4 is 0 Å². The van der Waals surface area contributed by atoms with Gasteiger partial charge in [0.05, 0.1) is 0 Å². The van der Waals surface area contributed by atoms with Gasteiger partial charge >= 0.3 is 0 Å². The molecule has 4 atom stereocenters. The van der Waals surface area contributed by atoms with Gasteiger partial charge in [0, 0.05) is 6.42 Å². The van der Waals surface area contributed by atoms with Gasteiger partial charge in [-0.15, -0.1) is 5.92 Å². The predicted octanol–water partition coefficient (Wildman–Crippen LogP) is 4.19. The third kappa shape index (κ3) is 2.92. The lowest BCUT2D eigenvalue weighted by Crippen LogP contribution is -2.51. The van der Waals surface area contributed by atoms with Crippen molar-refractivity contribution < 1.29 is 9.90 Å². The van der Waals surface area contributed by atoms with Gasteiger partial charge in [0.25, 0.3) is 0 Å². The van der Waals surface area contributed by atoms with Crippen LogP contribution in [0.4, 0.5) is 0 Å². The van der Waals surface area contributed by atoms with Crippen molar-refractivity contribution in [1.29, 1.82) is 0 Å². The second-order valence-corrected chi connectivity index (χ2v) is 7.63. The zero-order valence-electron chi connectivity index (χ0n) is 14.4. The van der Waals surface area contributed by atoms with Crippen LogP contribution in [0.1, 0.15) is 65.2 Å². The van der Waals surface area contributed by atoms with Gasteiger partial charge in [0.2, 0.25) is 0 Å². The highest BCUT2D eigenvalue weighted by Crippen LogP contribution is 2.61. The highest BCUT2D eigenvalue weighted by Gasteiger charge is 2.54. The Morgan fingerprint density at radius 1 is 1.35 bits per heavy atom. The molecule has 0 heterocycles. The molecule has 2 fully saturated rings. The molecule has 124 valence electrons. The Balaban J connectivity index is 1.95. The monoisotopic (exact) mass is 312 g/mol. The fourth-order valence-electron chi connectivity index (χ4n) is 5.39. The molecule has 3 aliphatic rings. The summed E-state index contributed by atoms with van der Waals surface area (Å²) < 4.78 is 0. The van der Waals surface area contributed by atoms with Crippen molar-refractivity contribution in [2.45, 2.75) is 70.8 Å². The Labute approximate surface area is 140 Å². The molecule has 3 aliphatic carbocycles. The van der Waals surface area contributed by atoms with Gasteiger partial charge in [-0.3, -0.25) is 4.79 Å². The van der Waals surface area contributed by atoms with Gasteiger partial charge in [-0.05, 0) is 82.1 Å². The summed E-state index contributed by atoms with van der Waals surface area (Å²) >= 11 is 0. The van der Waals surface area contributed by atoms with E-state index in [9.17, 15) is 9.90 Å². The summed E-state index contributed by atoms with van der Waals surface area (Å²) in [5.41, 5.74) is 0.803. The predicted molar refractivity (Wildman–Crippen MR) is 92.7 cm³/mol. The zero-order valence-corrected chi connectivity index (χ0v) is 14.4. The summed E-state index contributed by atoms with van der Waals surface area (Å²) in [6.45, 7) is 3.89. The first-order chi connectivity index (χ1) is 11.0. The van der Waals surface area contributed by atoms with Crippen molar-refractivity contribution in [3.05, 3.63) is 23.8 Å². The van der Waals surface area contributed by atoms with Gasteiger partial charge in [-0.2, -0.15) is 0 Å². The second kappa shape index (κ2) is 6.29. The maximum Gasteiger partial charge on any atom is 0.155 e. The normalized spacial score (nSPS) is 40.0. The molecule has 0 radical (unpaired) electrons. The van der Waals surface area contributed by atoms with Crippen LogP contribution in [0.15, 0.2) is 23.8 Å². The van der Waals surface area contributed by atoms with Gasteiger partial charge in [0.15, 0.2) is 5.78 Å². The van der Waals surface area contributed by atoms with Gasteiger partial charge in [0.1, 0.15) is 5.60 Å². The number of ketones is 1. The Hall–Kier alpha value is -1.33. The molecule has 1 N–H and O–H groups in total. The fourth-order valence-corrected chi connectivity index (χ4v) is 5.39. The maximum atomic E-state index is 11.8. The van der Waals surface area contributed by atoms with Gasteiger partial charge in [-0.25, -0.2) is 0 Å². The quantitative estimate of drug-likeness (QED) is 0.613. The molecule has 2 saturated carbocycles. The number of hydrogen-bond donors (Lipinski definition) is 1. The van der Waals surface area contributed by atoms with E-state index in [0.29, 0.717) is 24.0 Å². The average molecular weight is 312 g/mol. The van der Waals surface area contributed by atoms with Crippen LogP contribution in [-0.4, -0.2) is 16.5 Å². The van der Waals surface area contributed by atoms with E-state index in [1.165, 1.54) is 5.57 Å². The van der Waals surface area contributed by atoms with E-state index >= 15 is 0 Å². The Bertz CT molecular complexity index is 603. The number of carbonyl (C=O) groups is 1. The van der Waals surface area contributed by atoms with Crippen LogP contribution in [0.2, 0.25) is 0 Å². The van der Waals surface area contributed by atoms with Crippen molar-refractivity contribution >= 4 is 5.78 Å². The van der Waals surface area contributed by atoms with Gasteiger partial charge < -0.3 is 5.11 Å². The maximum absolute atomic E-state index is 11.8. The summed E-state index contributed by atoms with van der Waals surface area (Å²) in [7, 11) is 0. The van der Waals surface area contributed by atoms with Crippen LogP contribution >= 0.6 is 0 Å². The first-order valence-corrected chi connectivity index (χ1v) is 9.04. The molecule has 2 heteroatoms. The summed E-state index contributed by atoms with van der Waals surface area (Å²) in [4.78, 5) is 11.8. The Morgan fingerprint density at radius 3 is 2.91 bits per heavy atom. The molecule has 0 amide bonds. The minimum atomic E-state index is -0.801. The van der Waals surface area contributed by atoms with E-state index in [0.717, 1.165) is 44.9 Å². The van der Waals surface area contributed by atoms with Crippen molar-refractivity contribution in [2.24, 2.45) is 17.3 Å². The van der Waals surface area contributed by atoms with E-state index in [4.69, 9.17) is 0 Å². The third-order valence-electron chi connectivity index (χ3n) is 6.44. The lowest BCUT2D eigenvalue weighted by molar-refractivity contribution is -0.117. The molecule has 0 spiro atoms. The number of carbonyl (C=O) groups excluding carboxylic acids is 1. The minimum Gasteiger partial charge on any atom is -0.378 e. The molecule has 0 saturated heterocycles. The van der Waals surface area contributed by atoms with Crippen LogP contribution in [0.25, 0.3) is 0 Å². The van der Waals surface area contributed by atoms with Crippen LogP contribution in [-0.2, 0) is 4.79 Å². The first-order valence-electron chi connectivity index (χ1n) is 9.04. The van der Waals surface area contributed by atoms with Crippen molar-refractivity contribution in [3.63, 3.8) is 0 Å². The minimum absolute atomic E-state index is 0.221. The van der Waals surface area contributed by atoms with E-state index in [-0.39, 0.29) is 5.41 Å². The molecule has 0 aromatic rings. The first kappa shape index (κ1) is 16.5. The molecule has 0 aliphatic heterocycles. The van der Waals surface area contributed by atoms with Crippen molar-refractivity contribution in [3.8, 4) is 11.8 Å². The average Bonchev–Trinajstić information content (AvgIpc) is 2.53. The molecule has 0 bridgehead atoms. The van der Waals surface area contributed by atoms with Crippen LogP contribution in [0, 0.1) is 29.1 Å². The summed E-state index contributed by atoms with van der Waals surface area (Å²) in [6, 6.07) is 0. The SMILES string of the molecule is CC#C[C@@]1(O)CC[C@]2(CC=CC)[C@@H](CCC3=CC(=O)CC[C@H]32)C1. The molecule has 0 aromatic carbocycles. The number of aliphatic hydroxyl groups is 1. The molecular weight excluding hydrogens is 284 g/mol. The van der Waals surface area contributed by atoms with Crippen LogP contribution in [0.5, 0.6) is 0 Å². The Morgan fingerprint density at radius 2 is 2.17 bits per heavy atom. The standard InChI is InChI=1S/C21H28O2/c1-3-5-11-21-13-12-20(23,10-4-2)15-17(21)7-6-16-14-18(22)8-9-19(16)21/h3,5,14,17,19,23H,6-9,11-13,15H2,1-2H3/t17-,19+,20+,21+/m0/s1. The zero-order chi connectivity index (χ0) is 16.5.